The van der Waals surface area contributed by atoms with Gasteiger partial charge in [-0.25, -0.2) is 0 Å². The van der Waals surface area contributed by atoms with Crippen LogP contribution in [0.3, 0.4) is 0 Å². The van der Waals surface area contributed by atoms with E-state index in [2.05, 4.69) is 38.1 Å². The Hall–Kier alpha value is -5.05. The lowest BCUT2D eigenvalue weighted by atomic mass is 9.68. The number of hydrogen-bond acceptors (Lipinski definition) is 8. The van der Waals surface area contributed by atoms with Crippen LogP contribution in [0, 0.1) is 11.3 Å². The molecule has 246 valence electrons. The second-order valence-corrected chi connectivity index (χ2v) is 12.6. The van der Waals surface area contributed by atoms with Crippen molar-refractivity contribution in [3.05, 3.63) is 93.9 Å². The molecule has 1 unspecified atom stereocenters. The Balaban J connectivity index is 1.46. The minimum Gasteiger partial charge on any atom is -0.504 e. The van der Waals surface area contributed by atoms with E-state index in [0.29, 0.717) is 52.7 Å². The second-order valence-electron chi connectivity index (χ2n) is 12.6. The summed E-state index contributed by atoms with van der Waals surface area (Å²) in [5, 5.41) is 24.4. The summed E-state index contributed by atoms with van der Waals surface area (Å²) in [6.07, 6.45) is 11.8. The summed E-state index contributed by atoms with van der Waals surface area (Å²) in [5.74, 6) is 0.698. The average molecular weight is 639 g/mol. The second kappa shape index (κ2) is 14.2. The van der Waals surface area contributed by atoms with Crippen LogP contribution in [0.25, 0.3) is 18.2 Å². The van der Waals surface area contributed by atoms with Gasteiger partial charge in [0.1, 0.15) is 0 Å². The molecule has 2 aromatic carbocycles. The first-order valence-electron chi connectivity index (χ1n) is 16.0. The smallest absolute Gasteiger partial charge is 0.276 e. The van der Waals surface area contributed by atoms with Gasteiger partial charge in [-0.1, -0.05) is 48.9 Å². The quantitative estimate of drug-likeness (QED) is 0.183. The SMILES string of the molecule is CCOc1cc(/C=C2\CN(C(=O)c3cc(/C=C/C4C(C)=CCCC4(C)C)on3)C/C(=C\c3ccc(O)c(OCC)c3)C2=O)ccc1O. The molecule has 2 aliphatic rings. The Morgan fingerprint density at radius 1 is 0.979 bits per heavy atom. The third-order valence-corrected chi connectivity index (χ3v) is 8.63. The molecule has 1 aliphatic carbocycles. The minimum atomic E-state index is -0.381. The maximum Gasteiger partial charge on any atom is 0.276 e. The van der Waals surface area contributed by atoms with E-state index in [9.17, 15) is 19.8 Å². The summed E-state index contributed by atoms with van der Waals surface area (Å²) in [7, 11) is 0. The van der Waals surface area contributed by atoms with Crippen LogP contribution in [0.4, 0.5) is 0 Å². The van der Waals surface area contributed by atoms with Gasteiger partial charge in [-0.2, -0.15) is 0 Å². The molecule has 47 heavy (non-hydrogen) atoms. The Morgan fingerprint density at radius 2 is 1.55 bits per heavy atom. The minimum absolute atomic E-state index is 0.00656. The van der Waals surface area contributed by atoms with Crippen molar-refractivity contribution in [2.24, 2.45) is 11.3 Å². The average Bonchev–Trinajstić information content (AvgIpc) is 3.50. The van der Waals surface area contributed by atoms with Crippen LogP contribution in [-0.4, -0.2) is 58.3 Å². The molecule has 9 heteroatoms. The van der Waals surface area contributed by atoms with E-state index in [1.807, 2.05) is 19.9 Å². The van der Waals surface area contributed by atoms with Crippen LogP contribution < -0.4 is 9.47 Å². The molecule has 3 aromatic rings. The Bertz CT molecular complexity index is 1700. The van der Waals surface area contributed by atoms with Crippen molar-refractivity contribution in [3.63, 3.8) is 0 Å². The summed E-state index contributed by atoms with van der Waals surface area (Å²) >= 11 is 0. The monoisotopic (exact) mass is 638 g/mol. The molecular weight excluding hydrogens is 596 g/mol. The molecule has 1 aliphatic heterocycles. The number of phenolic OH excluding ortho intramolecular Hbond substituents is 2. The lowest BCUT2D eigenvalue weighted by Gasteiger charge is -2.36. The van der Waals surface area contributed by atoms with E-state index in [0.717, 1.165) is 12.8 Å². The number of benzene rings is 2. The van der Waals surface area contributed by atoms with Crippen LogP contribution in [0.5, 0.6) is 23.0 Å². The van der Waals surface area contributed by atoms with E-state index in [1.165, 1.54) is 17.7 Å². The van der Waals surface area contributed by atoms with Gasteiger partial charge in [0.2, 0.25) is 0 Å². The van der Waals surface area contributed by atoms with Crippen LogP contribution >= 0.6 is 0 Å². The number of ether oxygens (including phenoxy) is 2. The molecule has 1 fully saturated rings. The van der Waals surface area contributed by atoms with Crippen molar-refractivity contribution in [1.29, 1.82) is 0 Å². The number of carbonyl (C=O) groups excluding carboxylic acids is 2. The molecule has 1 saturated heterocycles. The number of likely N-dealkylation sites (tertiary alicyclic amines) is 1. The van der Waals surface area contributed by atoms with Crippen molar-refractivity contribution in [2.75, 3.05) is 26.3 Å². The third kappa shape index (κ3) is 7.68. The van der Waals surface area contributed by atoms with Crippen LogP contribution in [-0.2, 0) is 4.79 Å². The molecule has 2 heterocycles. The topological polar surface area (TPSA) is 122 Å². The van der Waals surface area contributed by atoms with Crippen molar-refractivity contribution >= 4 is 29.9 Å². The summed E-state index contributed by atoms with van der Waals surface area (Å²) in [6.45, 7) is 11.1. The highest BCUT2D eigenvalue weighted by Gasteiger charge is 2.32. The number of amides is 1. The number of allylic oxidation sites excluding steroid dienone is 3. The first-order chi connectivity index (χ1) is 22.5. The van der Waals surface area contributed by atoms with E-state index in [4.69, 9.17) is 14.0 Å². The maximum absolute atomic E-state index is 13.8. The lowest BCUT2D eigenvalue weighted by molar-refractivity contribution is -0.113. The van der Waals surface area contributed by atoms with Gasteiger partial charge in [0.25, 0.3) is 5.91 Å². The summed E-state index contributed by atoms with van der Waals surface area (Å²) < 4.78 is 16.6. The molecular formula is C38H42N2O7. The Kier molecular flexibility index (Phi) is 10.0. The fraction of sp³-hybridized carbons (Fsp3) is 0.342. The Morgan fingerprint density at radius 3 is 2.09 bits per heavy atom. The first-order valence-corrected chi connectivity index (χ1v) is 16.0. The highest BCUT2D eigenvalue weighted by molar-refractivity contribution is 6.15. The van der Waals surface area contributed by atoms with Crippen LogP contribution in [0.15, 0.2) is 75.9 Å². The molecule has 1 aromatic heterocycles. The number of ketones is 1. The number of carbonyl (C=O) groups is 2. The third-order valence-electron chi connectivity index (χ3n) is 8.63. The van der Waals surface area contributed by atoms with Crippen molar-refractivity contribution in [2.45, 2.75) is 47.5 Å². The van der Waals surface area contributed by atoms with E-state index in [1.54, 1.807) is 47.4 Å². The summed E-state index contributed by atoms with van der Waals surface area (Å²) in [5.41, 5.74) is 3.58. The van der Waals surface area contributed by atoms with E-state index >= 15 is 0 Å². The van der Waals surface area contributed by atoms with Gasteiger partial charge in [-0.05, 0) is 92.6 Å². The number of phenols is 2. The van der Waals surface area contributed by atoms with Crippen LogP contribution in [0.2, 0.25) is 0 Å². The highest BCUT2D eigenvalue weighted by atomic mass is 16.5. The normalized spacial score (nSPS) is 19.8. The van der Waals surface area contributed by atoms with Gasteiger partial charge in [-0.3, -0.25) is 9.59 Å². The number of aromatic nitrogens is 1. The van der Waals surface area contributed by atoms with Gasteiger partial charge in [0.05, 0.1) is 26.3 Å². The molecule has 0 bridgehead atoms. The predicted molar refractivity (Wildman–Crippen MR) is 181 cm³/mol. The van der Waals surface area contributed by atoms with E-state index < -0.39 is 0 Å². The Labute approximate surface area is 275 Å². The largest absolute Gasteiger partial charge is 0.504 e. The van der Waals surface area contributed by atoms with Crippen molar-refractivity contribution < 1.29 is 33.8 Å². The number of rotatable bonds is 9. The van der Waals surface area contributed by atoms with E-state index in [-0.39, 0.29) is 53.3 Å². The van der Waals surface area contributed by atoms with Crippen molar-refractivity contribution in [3.8, 4) is 23.0 Å². The number of nitrogens with zero attached hydrogens (tertiary/aromatic N) is 2. The number of aromatic hydroxyl groups is 2. The zero-order valence-electron chi connectivity index (χ0n) is 27.6. The van der Waals surface area contributed by atoms with Gasteiger partial charge >= 0.3 is 0 Å². The van der Waals surface area contributed by atoms with Gasteiger partial charge in [0, 0.05) is 23.1 Å². The predicted octanol–water partition coefficient (Wildman–Crippen LogP) is 7.47. The lowest BCUT2D eigenvalue weighted by Crippen LogP contribution is -2.41. The molecule has 1 atom stereocenters. The molecule has 0 radical (unpaired) electrons. The number of hydrogen-bond donors (Lipinski definition) is 2. The molecule has 9 nitrogen and oxygen atoms in total. The standard InChI is InChI=1S/C38H42N2O7/c1-6-45-34-19-25(10-14-32(34)41)17-27-22-40(23-28(36(27)43)18-26-11-15-33(42)35(20-26)46-7-2)37(44)31-21-29(47-39-31)12-13-30-24(3)9-8-16-38(30,4)5/h9-15,17-21,30,41-42H,6-8,16,22-23H2,1-5H3/b13-12+,27-17+,28-18+. The maximum atomic E-state index is 13.8. The molecule has 0 saturated carbocycles. The number of piperidine rings is 1. The first kappa shape index (κ1) is 33.3. The summed E-state index contributed by atoms with van der Waals surface area (Å²) in [6, 6.07) is 11.3. The highest BCUT2D eigenvalue weighted by Crippen LogP contribution is 2.42. The molecule has 1 amide bonds. The fourth-order valence-corrected chi connectivity index (χ4v) is 6.17. The number of Topliss-reactive ketones (excluding diaryl/α,β-unsaturated/α-hetero) is 1. The van der Waals surface area contributed by atoms with Gasteiger partial charge in [-0.15, -0.1) is 0 Å². The fourth-order valence-electron chi connectivity index (χ4n) is 6.17. The molecule has 0 spiro atoms. The zero-order valence-corrected chi connectivity index (χ0v) is 27.6. The van der Waals surface area contributed by atoms with Gasteiger partial charge in [0.15, 0.2) is 40.2 Å². The molecule has 2 N–H and O–H groups in total. The summed E-state index contributed by atoms with van der Waals surface area (Å²) in [4.78, 5) is 29.2. The van der Waals surface area contributed by atoms with Gasteiger partial charge < -0.3 is 29.1 Å². The van der Waals surface area contributed by atoms with Crippen LogP contribution in [0.1, 0.15) is 74.8 Å². The zero-order chi connectivity index (χ0) is 33.7. The molecule has 5 rings (SSSR count). The van der Waals surface area contributed by atoms with Crippen molar-refractivity contribution in [1.82, 2.24) is 10.1 Å².